The summed E-state index contributed by atoms with van der Waals surface area (Å²) in [6.07, 6.45) is 0. The summed E-state index contributed by atoms with van der Waals surface area (Å²) < 4.78 is 4.54. The molecule has 0 atom stereocenters. The zero-order valence-corrected chi connectivity index (χ0v) is 8.38. The van der Waals surface area contributed by atoms with Gasteiger partial charge in [-0.15, -0.1) is 0 Å². The second-order valence-corrected chi connectivity index (χ2v) is 2.87. The first-order valence-corrected chi connectivity index (χ1v) is 4.27. The van der Waals surface area contributed by atoms with Gasteiger partial charge < -0.3 is 10.1 Å². The fourth-order valence-corrected chi connectivity index (χ4v) is 1.12. The minimum atomic E-state index is -0.527. The lowest BCUT2D eigenvalue weighted by molar-refractivity contribution is 0.0602. The number of amides is 1. The largest absolute Gasteiger partial charge is 0.465 e. The highest BCUT2D eigenvalue weighted by atomic mass is 32.1. The molecule has 0 bridgehead atoms. The zero-order valence-electron chi connectivity index (χ0n) is 7.48. The third-order valence-corrected chi connectivity index (χ3v) is 1.69. The summed E-state index contributed by atoms with van der Waals surface area (Å²) in [7, 11) is 1.28. The van der Waals surface area contributed by atoms with Crippen molar-refractivity contribution in [3.05, 3.63) is 29.8 Å². The minimum Gasteiger partial charge on any atom is -0.465 e. The molecule has 0 heterocycles. The van der Waals surface area contributed by atoms with Gasteiger partial charge in [0.1, 0.15) is 0 Å². The van der Waals surface area contributed by atoms with Crippen molar-refractivity contribution in [2.45, 2.75) is 0 Å². The Hall–Kier alpha value is -1.49. The van der Waals surface area contributed by atoms with Gasteiger partial charge in [-0.2, -0.15) is 0 Å². The molecule has 0 aliphatic rings. The number of para-hydroxylation sites is 1. The van der Waals surface area contributed by atoms with Crippen molar-refractivity contribution in [2.75, 3.05) is 12.4 Å². The maximum absolute atomic E-state index is 11.2. The van der Waals surface area contributed by atoms with Crippen molar-refractivity contribution in [1.29, 1.82) is 0 Å². The van der Waals surface area contributed by atoms with Gasteiger partial charge in [-0.05, 0) is 12.1 Å². The summed E-state index contributed by atoms with van der Waals surface area (Å²) in [5.74, 6) is -0.498. The molecule has 0 spiro atoms. The van der Waals surface area contributed by atoms with Crippen molar-refractivity contribution >= 4 is 29.5 Å². The highest BCUT2D eigenvalue weighted by molar-refractivity contribution is 7.96. The lowest BCUT2D eigenvalue weighted by Gasteiger charge is -2.06. The smallest absolute Gasteiger partial charge is 0.339 e. The number of anilines is 1. The first-order valence-electron chi connectivity index (χ1n) is 3.82. The number of methoxy groups -OCH3 is 1. The van der Waals surface area contributed by atoms with E-state index in [-0.39, 0.29) is 0 Å². The first-order chi connectivity index (χ1) is 6.65. The standard InChI is InChI=1S/C9H9NO3S/c1-13-8(11)6-4-2-3-5-7(6)10-9(12)14/h2-5H,1H3,(H2,10,12,14). The van der Waals surface area contributed by atoms with Crippen molar-refractivity contribution in [2.24, 2.45) is 0 Å². The highest BCUT2D eigenvalue weighted by Crippen LogP contribution is 2.16. The van der Waals surface area contributed by atoms with Crippen molar-refractivity contribution in [3.8, 4) is 0 Å². The van der Waals surface area contributed by atoms with Gasteiger partial charge in [0.15, 0.2) is 0 Å². The molecule has 1 aromatic carbocycles. The van der Waals surface area contributed by atoms with Gasteiger partial charge in [0.25, 0.3) is 5.24 Å². The number of carbonyl (C=O) groups is 2. The molecule has 0 saturated carbocycles. The van der Waals surface area contributed by atoms with Crippen LogP contribution in [0.1, 0.15) is 10.4 Å². The molecule has 0 saturated heterocycles. The van der Waals surface area contributed by atoms with Crippen LogP contribution in [0.25, 0.3) is 0 Å². The van der Waals surface area contributed by atoms with Gasteiger partial charge in [0.2, 0.25) is 0 Å². The maximum atomic E-state index is 11.2. The number of benzene rings is 1. The lowest BCUT2D eigenvalue weighted by Crippen LogP contribution is -2.09. The second kappa shape index (κ2) is 4.66. The molecule has 0 unspecified atom stereocenters. The summed E-state index contributed by atoms with van der Waals surface area (Å²) >= 11 is 3.55. The molecule has 1 rings (SSSR count). The Labute approximate surface area is 86.7 Å². The molecule has 0 aromatic heterocycles. The van der Waals surface area contributed by atoms with Crippen LogP contribution in [-0.4, -0.2) is 18.3 Å². The molecule has 1 amide bonds. The number of ether oxygens (including phenoxy) is 1. The summed E-state index contributed by atoms with van der Waals surface area (Å²) in [5.41, 5.74) is 0.691. The van der Waals surface area contributed by atoms with E-state index in [0.29, 0.717) is 11.3 Å². The van der Waals surface area contributed by atoms with Crippen molar-refractivity contribution in [1.82, 2.24) is 0 Å². The zero-order chi connectivity index (χ0) is 10.6. The van der Waals surface area contributed by atoms with E-state index in [4.69, 9.17) is 0 Å². The molecular weight excluding hydrogens is 202 g/mol. The van der Waals surface area contributed by atoms with E-state index in [0.717, 1.165) is 0 Å². The van der Waals surface area contributed by atoms with Crippen molar-refractivity contribution < 1.29 is 14.3 Å². The average Bonchev–Trinajstić information content (AvgIpc) is 2.16. The van der Waals surface area contributed by atoms with Crippen LogP contribution in [0, 0.1) is 0 Å². The molecular formula is C9H9NO3S. The van der Waals surface area contributed by atoms with Crippen LogP contribution < -0.4 is 5.32 Å². The molecule has 14 heavy (non-hydrogen) atoms. The van der Waals surface area contributed by atoms with Crippen LogP contribution in [0.4, 0.5) is 10.5 Å². The predicted octanol–water partition coefficient (Wildman–Crippen LogP) is 1.93. The average molecular weight is 211 g/mol. The Kier molecular flexibility index (Phi) is 3.53. The number of thiol groups is 1. The Morgan fingerprint density at radius 1 is 1.36 bits per heavy atom. The number of rotatable bonds is 2. The van der Waals surface area contributed by atoms with Crippen LogP contribution in [0.5, 0.6) is 0 Å². The van der Waals surface area contributed by atoms with Crippen LogP contribution in [0.3, 0.4) is 0 Å². The molecule has 1 aromatic rings. The van der Waals surface area contributed by atoms with Crippen LogP contribution >= 0.6 is 12.6 Å². The van der Waals surface area contributed by atoms with Crippen LogP contribution in [0.2, 0.25) is 0 Å². The monoisotopic (exact) mass is 211 g/mol. The molecule has 5 heteroatoms. The van der Waals surface area contributed by atoms with E-state index in [9.17, 15) is 9.59 Å². The van der Waals surface area contributed by atoms with E-state index in [1.165, 1.54) is 7.11 Å². The van der Waals surface area contributed by atoms with Crippen LogP contribution in [-0.2, 0) is 4.74 Å². The van der Waals surface area contributed by atoms with E-state index in [2.05, 4.69) is 22.7 Å². The number of hydrogen-bond acceptors (Lipinski definition) is 3. The summed E-state index contributed by atoms with van der Waals surface area (Å²) in [6.45, 7) is 0. The minimum absolute atomic E-state index is 0.303. The quantitative estimate of drug-likeness (QED) is 0.580. The SMILES string of the molecule is COC(=O)c1ccccc1NC(=O)S. The number of esters is 1. The molecule has 0 aliphatic heterocycles. The van der Waals surface area contributed by atoms with E-state index >= 15 is 0 Å². The topological polar surface area (TPSA) is 55.4 Å². The van der Waals surface area contributed by atoms with E-state index < -0.39 is 11.2 Å². The molecule has 0 aliphatic carbocycles. The first kappa shape index (κ1) is 10.6. The third kappa shape index (κ3) is 2.50. The lowest BCUT2D eigenvalue weighted by atomic mass is 10.2. The fraction of sp³-hybridized carbons (Fsp3) is 0.111. The Bertz CT molecular complexity index is 365. The van der Waals surface area contributed by atoms with Gasteiger partial charge in [-0.25, -0.2) is 4.79 Å². The number of carbonyl (C=O) groups excluding carboxylic acids is 2. The molecule has 0 radical (unpaired) electrons. The highest BCUT2D eigenvalue weighted by Gasteiger charge is 2.11. The number of nitrogens with one attached hydrogen (secondary N) is 1. The molecule has 0 fully saturated rings. The van der Waals surface area contributed by atoms with Crippen molar-refractivity contribution in [3.63, 3.8) is 0 Å². The fourth-order valence-electron chi connectivity index (χ4n) is 0.995. The normalized spacial score (nSPS) is 9.29. The van der Waals surface area contributed by atoms with Crippen LogP contribution in [0.15, 0.2) is 24.3 Å². The predicted molar refractivity (Wildman–Crippen MR) is 55.8 cm³/mol. The molecule has 4 nitrogen and oxygen atoms in total. The Balaban J connectivity index is 3.02. The third-order valence-electron chi connectivity index (χ3n) is 1.57. The maximum Gasteiger partial charge on any atom is 0.339 e. The molecule has 74 valence electrons. The number of hydrogen-bond donors (Lipinski definition) is 2. The summed E-state index contributed by atoms with van der Waals surface area (Å²) in [4.78, 5) is 21.9. The van der Waals surface area contributed by atoms with Gasteiger partial charge in [-0.3, -0.25) is 4.79 Å². The van der Waals surface area contributed by atoms with Gasteiger partial charge in [0, 0.05) is 0 Å². The summed E-state index contributed by atoms with van der Waals surface area (Å²) in [5, 5.41) is 1.89. The van der Waals surface area contributed by atoms with E-state index in [1.807, 2.05) is 0 Å². The van der Waals surface area contributed by atoms with Gasteiger partial charge in [-0.1, -0.05) is 24.8 Å². The second-order valence-electron chi connectivity index (χ2n) is 2.47. The Morgan fingerprint density at radius 2 is 2.00 bits per heavy atom. The summed E-state index contributed by atoms with van der Waals surface area (Å²) in [6, 6.07) is 6.54. The van der Waals surface area contributed by atoms with Gasteiger partial charge >= 0.3 is 5.97 Å². The Morgan fingerprint density at radius 3 is 2.57 bits per heavy atom. The molecule has 1 N–H and O–H groups in total. The van der Waals surface area contributed by atoms with E-state index in [1.54, 1.807) is 24.3 Å². The van der Waals surface area contributed by atoms with Gasteiger partial charge in [0.05, 0.1) is 18.4 Å².